The van der Waals surface area contributed by atoms with E-state index in [4.69, 9.17) is 22.1 Å². The highest BCUT2D eigenvalue weighted by atomic mass is 35.5. The van der Waals surface area contributed by atoms with Gasteiger partial charge in [-0.1, -0.05) is 0 Å². The molecule has 0 amide bonds. The topological polar surface area (TPSA) is 41.8 Å². The molecule has 4 heteroatoms. The summed E-state index contributed by atoms with van der Waals surface area (Å²) in [5, 5.41) is 0. The fourth-order valence-corrected chi connectivity index (χ4v) is 0.743. The lowest BCUT2D eigenvalue weighted by molar-refractivity contribution is 0.403. The summed E-state index contributed by atoms with van der Waals surface area (Å²) in [6.45, 7) is 2.79. The zero-order valence-corrected chi connectivity index (χ0v) is 8.68. The van der Waals surface area contributed by atoms with Crippen molar-refractivity contribution in [3.05, 3.63) is 0 Å². The number of ether oxygens (including phenoxy) is 1. The third-order valence-electron chi connectivity index (χ3n) is 1.38. The van der Waals surface area contributed by atoms with Gasteiger partial charge in [-0.25, -0.2) is 0 Å². The van der Waals surface area contributed by atoms with Crippen LogP contribution in [0.5, 0.6) is 0 Å². The monoisotopic (exact) mass is 194 g/mol. The molecule has 1 saturated heterocycles. The van der Waals surface area contributed by atoms with Crippen molar-refractivity contribution in [2.45, 2.75) is 12.5 Å². The maximum atomic E-state index is 5.27. The first kappa shape index (κ1) is 12.2. The molecule has 0 spiro atoms. The van der Waals surface area contributed by atoms with E-state index in [1.54, 1.807) is 0 Å². The second kappa shape index (κ2) is 7.80. The van der Waals surface area contributed by atoms with Crippen molar-refractivity contribution in [3.63, 3.8) is 0 Å². The molecule has 74 valence electrons. The predicted octanol–water partition coefficient (Wildman–Crippen LogP) is 0.521. The minimum absolute atomic E-state index is 0.400. The van der Waals surface area contributed by atoms with Gasteiger partial charge in [-0.2, -0.15) is 0 Å². The number of nitrogens with zero attached hydrogens (tertiary/aromatic N) is 1. The van der Waals surface area contributed by atoms with Crippen LogP contribution < -0.4 is 5.73 Å². The van der Waals surface area contributed by atoms with Gasteiger partial charge in [-0.15, -0.1) is 11.6 Å². The van der Waals surface area contributed by atoms with Crippen LogP contribution >= 0.6 is 11.6 Å². The zero-order valence-electron chi connectivity index (χ0n) is 7.92. The Bertz CT molecular complexity index is 97.1. The molecule has 1 unspecified atom stereocenters. The van der Waals surface area contributed by atoms with Gasteiger partial charge in [0.2, 0.25) is 0 Å². The lowest BCUT2D eigenvalue weighted by Gasteiger charge is -2.05. The van der Waals surface area contributed by atoms with Gasteiger partial charge in [0.1, 0.15) is 0 Å². The van der Waals surface area contributed by atoms with E-state index in [1.165, 1.54) is 0 Å². The molecule has 1 heterocycles. The van der Waals surface area contributed by atoms with E-state index < -0.39 is 0 Å². The van der Waals surface area contributed by atoms with Gasteiger partial charge in [-0.05, 0) is 33.6 Å². The summed E-state index contributed by atoms with van der Waals surface area (Å²) >= 11 is 5.27. The molecule has 0 bridgehead atoms. The summed E-state index contributed by atoms with van der Waals surface area (Å²) in [5.41, 5.74) is 5.25. The summed E-state index contributed by atoms with van der Waals surface area (Å²) in [5.74, 6) is 0.667. The third kappa shape index (κ3) is 10.2. The maximum Gasteiger partial charge on any atom is 0.0944 e. The Balaban J connectivity index is 0.000000211. The van der Waals surface area contributed by atoms with Crippen molar-refractivity contribution >= 4 is 11.6 Å². The van der Waals surface area contributed by atoms with Gasteiger partial charge in [-0.3, -0.25) is 0 Å². The minimum atomic E-state index is 0.400. The van der Waals surface area contributed by atoms with Crippen LogP contribution in [0, 0.1) is 0 Å². The number of alkyl halides is 1. The Kier molecular flexibility index (Phi) is 7.91. The number of nitrogens with two attached hydrogens (primary N) is 1. The lowest BCUT2D eigenvalue weighted by atomic mass is 10.4. The van der Waals surface area contributed by atoms with Crippen molar-refractivity contribution in [2.24, 2.45) is 5.73 Å². The molecule has 2 N–H and O–H groups in total. The summed E-state index contributed by atoms with van der Waals surface area (Å²) in [4.78, 5) is 2.13. The Hall–Kier alpha value is 0.170. The first-order valence-corrected chi connectivity index (χ1v) is 4.76. The van der Waals surface area contributed by atoms with Gasteiger partial charge < -0.3 is 15.4 Å². The zero-order chi connectivity index (χ0) is 9.40. The van der Waals surface area contributed by atoms with E-state index in [2.05, 4.69) is 19.0 Å². The average molecular weight is 195 g/mol. The molecule has 3 nitrogen and oxygen atoms in total. The van der Waals surface area contributed by atoms with Crippen LogP contribution in [-0.2, 0) is 4.74 Å². The number of epoxide rings is 1. The molecular formula is C8H19ClN2O. The third-order valence-corrected chi connectivity index (χ3v) is 1.73. The van der Waals surface area contributed by atoms with Crippen LogP contribution in [0.1, 0.15) is 6.42 Å². The first-order chi connectivity index (χ1) is 5.70. The molecular weight excluding hydrogens is 176 g/mol. The highest BCUT2D eigenvalue weighted by Crippen LogP contribution is 2.08. The standard InChI is InChI=1S/C5H14N2.C3H5ClO/c1-7(2)5-3-4-6;4-1-3-2-5-3/h3-6H2,1-2H3;3H,1-2H2. The van der Waals surface area contributed by atoms with Crippen molar-refractivity contribution in [1.82, 2.24) is 4.90 Å². The number of halogens is 1. The second-order valence-corrected chi connectivity index (χ2v) is 3.36. The quantitative estimate of drug-likeness (QED) is 0.524. The molecule has 1 atom stereocenters. The van der Waals surface area contributed by atoms with E-state index in [1.807, 2.05) is 0 Å². The molecule has 0 aromatic heterocycles. The van der Waals surface area contributed by atoms with Crippen molar-refractivity contribution in [1.29, 1.82) is 0 Å². The fourth-order valence-electron chi connectivity index (χ4n) is 0.565. The van der Waals surface area contributed by atoms with E-state index in [0.29, 0.717) is 12.0 Å². The highest BCUT2D eigenvalue weighted by molar-refractivity contribution is 6.18. The minimum Gasteiger partial charge on any atom is -0.372 e. The molecule has 0 aromatic carbocycles. The number of rotatable bonds is 4. The smallest absolute Gasteiger partial charge is 0.0944 e. The Morgan fingerprint density at radius 3 is 2.25 bits per heavy atom. The molecule has 0 aromatic rings. The molecule has 1 fully saturated rings. The molecule has 1 rings (SSSR count). The van der Waals surface area contributed by atoms with Crippen molar-refractivity contribution in [3.8, 4) is 0 Å². The van der Waals surface area contributed by atoms with Gasteiger partial charge >= 0.3 is 0 Å². The second-order valence-electron chi connectivity index (χ2n) is 3.06. The predicted molar refractivity (Wildman–Crippen MR) is 52.7 cm³/mol. The number of hydrogen-bond acceptors (Lipinski definition) is 3. The van der Waals surface area contributed by atoms with E-state index in [-0.39, 0.29) is 0 Å². The lowest BCUT2D eigenvalue weighted by Crippen LogP contribution is -2.16. The average Bonchev–Trinajstić information content (AvgIpc) is 2.84. The van der Waals surface area contributed by atoms with Gasteiger partial charge in [0.15, 0.2) is 0 Å². The van der Waals surface area contributed by atoms with Gasteiger partial charge in [0.05, 0.1) is 18.6 Å². The SMILES string of the molecule is CN(C)CCCN.ClCC1CO1. The Morgan fingerprint density at radius 2 is 2.17 bits per heavy atom. The van der Waals surface area contributed by atoms with Gasteiger partial charge in [0.25, 0.3) is 0 Å². The van der Waals surface area contributed by atoms with E-state index in [0.717, 1.165) is 26.1 Å². The highest BCUT2D eigenvalue weighted by Gasteiger charge is 2.19. The summed E-state index contributed by atoms with van der Waals surface area (Å²) < 4.78 is 4.73. The van der Waals surface area contributed by atoms with Crippen molar-refractivity contribution in [2.75, 3.05) is 39.7 Å². The fraction of sp³-hybridized carbons (Fsp3) is 1.00. The number of hydrogen-bond donors (Lipinski definition) is 1. The summed E-state index contributed by atoms with van der Waals surface area (Å²) in [6, 6.07) is 0. The molecule has 0 saturated carbocycles. The van der Waals surface area contributed by atoms with E-state index >= 15 is 0 Å². The van der Waals surface area contributed by atoms with Gasteiger partial charge in [0, 0.05) is 0 Å². The largest absolute Gasteiger partial charge is 0.372 e. The maximum absolute atomic E-state index is 5.27. The van der Waals surface area contributed by atoms with Crippen LogP contribution in [0.2, 0.25) is 0 Å². The Morgan fingerprint density at radius 1 is 1.58 bits per heavy atom. The van der Waals surface area contributed by atoms with Crippen LogP contribution in [0.15, 0.2) is 0 Å². The molecule has 0 aliphatic carbocycles. The normalized spacial score (nSPS) is 20.2. The molecule has 0 radical (unpaired) electrons. The molecule has 1 aliphatic rings. The summed E-state index contributed by atoms with van der Waals surface area (Å²) in [7, 11) is 4.10. The molecule has 1 aliphatic heterocycles. The van der Waals surface area contributed by atoms with Crippen LogP contribution in [0.4, 0.5) is 0 Å². The van der Waals surface area contributed by atoms with E-state index in [9.17, 15) is 0 Å². The van der Waals surface area contributed by atoms with Crippen LogP contribution in [-0.4, -0.2) is 50.7 Å². The van der Waals surface area contributed by atoms with Crippen LogP contribution in [0.25, 0.3) is 0 Å². The Labute approximate surface area is 79.8 Å². The summed E-state index contributed by atoms with van der Waals surface area (Å²) in [6.07, 6.45) is 1.50. The molecule has 12 heavy (non-hydrogen) atoms. The first-order valence-electron chi connectivity index (χ1n) is 4.23. The van der Waals surface area contributed by atoms with Crippen LogP contribution in [0.3, 0.4) is 0 Å². The van der Waals surface area contributed by atoms with Crippen molar-refractivity contribution < 1.29 is 4.74 Å².